The number of amides is 1. The summed E-state index contributed by atoms with van der Waals surface area (Å²) < 4.78 is 5.30. The average molecular weight is 383 g/mol. The van der Waals surface area contributed by atoms with Crippen LogP contribution >= 0.6 is 11.6 Å². The number of carbonyl (C=O) groups excluding carboxylic acids is 1. The van der Waals surface area contributed by atoms with E-state index in [0.717, 1.165) is 29.7 Å². The second kappa shape index (κ2) is 7.62. The van der Waals surface area contributed by atoms with Crippen LogP contribution in [0.1, 0.15) is 50.4 Å². The number of rotatable bonds is 3. The van der Waals surface area contributed by atoms with Gasteiger partial charge in [-0.25, -0.2) is 4.79 Å². The highest BCUT2D eigenvalue weighted by Crippen LogP contribution is 2.49. The molecule has 1 N–H and O–H groups in total. The first kappa shape index (κ1) is 19.3. The van der Waals surface area contributed by atoms with Gasteiger partial charge in [0.05, 0.1) is 10.7 Å². The van der Waals surface area contributed by atoms with Crippen LogP contribution in [0.5, 0.6) is 0 Å². The van der Waals surface area contributed by atoms with Gasteiger partial charge < -0.3 is 10.1 Å². The molecule has 0 spiro atoms. The summed E-state index contributed by atoms with van der Waals surface area (Å²) in [5.41, 5.74) is 1.79. The van der Waals surface area contributed by atoms with Crippen LogP contribution in [0.2, 0.25) is 5.02 Å². The van der Waals surface area contributed by atoms with E-state index in [1.54, 1.807) is 6.20 Å². The minimum Gasteiger partial charge on any atom is -0.444 e. The highest BCUT2D eigenvalue weighted by molar-refractivity contribution is 6.31. The van der Waals surface area contributed by atoms with Crippen LogP contribution in [0.4, 0.5) is 4.79 Å². The van der Waals surface area contributed by atoms with Crippen molar-refractivity contribution in [3.8, 4) is 11.8 Å². The fourth-order valence-electron chi connectivity index (χ4n) is 2.77. The van der Waals surface area contributed by atoms with Crippen LogP contribution in [0.25, 0.3) is 0 Å². The Labute approximate surface area is 165 Å². The molecule has 1 aromatic heterocycles. The van der Waals surface area contributed by atoms with Crippen LogP contribution in [-0.2, 0) is 10.2 Å². The summed E-state index contributed by atoms with van der Waals surface area (Å²) in [6.07, 6.45) is 3.19. The Morgan fingerprint density at radius 1 is 1.22 bits per heavy atom. The molecule has 1 aliphatic carbocycles. The smallest absolute Gasteiger partial charge is 0.407 e. The van der Waals surface area contributed by atoms with E-state index in [-0.39, 0.29) is 5.41 Å². The van der Waals surface area contributed by atoms with Crippen molar-refractivity contribution in [2.24, 2.45) is 0 Å². The van der Waals surface area contributed by atoms with Crippen LogP contribution in [-0.4, -0.2) is 23.2 Å². The van der Waals surface area contributed by atoms with Gasteiger partial charge >= 0.3 is 6.09 Å². The lowest BCUT2D eigenvalue weighted by Gasteiger charge is -2.22. The maximum Gasteiger partial charge on any atom is 0.407 e. The minimum absolute atomic E-state index is 0.209. The maximum atomic E-state index is 11.9. The zero-order chi connectivity index (χ0) is 19.5. The molecule has 0 saturated heterocycles. The highest BCUT2D eigenvalue weighted by Gasteiger charge is 2.47. The van der Waals surface area contributed by atoms with E-state index < -0.39 is 11.7 Å². The first-order valence-electron chi connectivity index (χ1n) is 8.97. The Morgan fingerprint density at radius 2 is 1.89 bits per heavy atom. The monoisotopic (exact) mass is 382 g/mol. The van der Waals surface area contributed by atoms with Gasteiger partial charge in [0.2, 0.25) is 0 Å². The summed E-state index contributed by atoms with van der Waals surface area (Å²) in [6, 6.07) is 11.6. The van der Waals surface area contributed by atoms with Crippen LogP contribution < -0.4 is 5.32 Å². The van der Waals surface area contributed by atoms with Gasteiger partial charge in [0.15, 0.2) is 0 Å². The van der Waals surface area contributed by atoms with Crippen molar-refractivity contribution < 1.29 is 9.53 Å². The minimum atomic E-state index is -0.518. The molecule has 0 radical (unpaired) electrons. The van der Waals surface area contributed by atoms with Crippen molar-refractivity contribution in [1.82, 2.24) is 10.3 Å². The molecule has 0 bridgehead atoms. The second-order valence-electron chi connectivity index (χ2n) is 7.81. The van der Waals surface area contributed by atoms with Crippen LogP contribution in [0.15, 0.2) is 42.6 Å². The number of aromatic nitrogens is 1. The van der Waals surface area contributed by atoms with Gasteiger partial charge in [-0.3, -0.25) is 4.98 Å². The Balaban J connectivity index is 1.69. The molecule has 1 saturated carbocycles. The molecule has 1 aromatic carbocycles. The van der Waals surface area contributed by atoms with Gasteiger partial charge in [0.1, 0.15) is 5.60 Å². The SMILES string of the molecule is CC(C)(C)OC(=O)NCC1(c2ncc(C#Cc3ccccc3)cc2Cl)CC1. The van der Waals surface area contributed by atoms with E-state index in [1.165, 1.54) is 0 Å². The fraction of sp³-hybridized carbons (Fsp3) is 0.364. The predicted molar refractivity (Wildman–Crippen MR) is 107 cm³/mol. The van der Waals surface area contributed by atoms with E-state index in [1.807, 2.05) is 57.2 Å². The Kier molecular flexibility index (Phi) is 5.43. The summed E-state index contributed by atoms with van der Waals surface area (Å²) in [5.74, 6) is 6.19. The van der Waals surface area contributed by atoms with Crippen molar-refractivity contribution in [3.05, 3.63) is 64.4 Å². The van der Waals surface area contributed by atoms with Crippen molar-refractivity contribution in [3.63, 3.8) is 0 Å². The lowest BCUT2D eigenvalue weighted by molar-refractivity contribution is 0.0522. The molecule has 1 fully saturated rings. The third kappa shape index (κ3) is 5.24. The van der Waals surface area contributed by atoms with Crippen molar-refractivity contribution >= 4 is 17.7 Å². The first-order chi connectivity index (χ1) is 12.8. The number of hydrogen-bond acceptors (Lipinski definition) is 3. The number of benzene rings is 1. The van der Waals surface area contributed by atoms with Crippen molar-refractivity contribution in [1.29, 1.82) is 0 Å². The van der Waals surface area contributed by atoms with E-state index in [2.05, 4.69) is 22.1 Å². The van der Waals surface area contributed by atoms with E-state index in [4.69, 9.17) is 16.3 Å². The second-order valence-corrected chi connectivity index (χ2v) is 8.21. The third-order valence-electron chi connectivity index (χ3n) is 4.29. The largest absolute Gasteiger partial charge is 0.444 e. The lowest BCUT2D eigenvalue weighted by atomic mass is 10.0. The Hall–Kier alpha value is -2.51. The van der Waals surface area contributed by atoms with E-state index >= 15 is 0 Å². The average Bonchev–Trinajstić information content (AvgIpc) is 3.39. The van der Waals surface area contributed by atoms with Gasteiger partial charge in [0.25, 0.3) is 0 Å². The van der Waals surface area contributed by atoms with Crippen molar-refractivity contribution in [2.75, 3.05) is 6.54 Å². The first-order valence-corrected chi connectivity index (χ1v) is 9.35. The molecule has 0 aliphatic heterocycles. The number of carbonyl (C=O) groups is 1. The Morgan fingerprint density at radius 3 is 2.48 bits per heavy atom. The van der Waals surface area contributed by atoms with Gasteiger partial charge in [-0.05, 0) is 51.8 Å². The number of nitrogens with one attached hydrogen (secondary N) is 1. The summed E-state index contributed by atoms with van der Waals surface area (Å²) in [7, 11) is 0. The fourth-order valence-corrected chi connectivity index (χ4v) is 3.13. The number of halogens is 1. The van der Waals surface area contributed by atoms with E-state index in [0.29, 0.717) is 11.6 Å². The number of pyridine rings is 1. The topological polar surface area (TPSA) is 51.2 Å². The van der Waals surface area contributed by atoms with Gasteiger partial charge in [-0.1, -0.05) is 41.6 Å². The molecular formula is C22H23ClN2O2. The molecule has 4 nitrogen and oxygen atoms in total. The van der Waals surface area contributed by atoms with Gasteiger partial charge in [0, 0.05) is 29.3 Å². The molecule has 1 heterocycles. The number of hydrogen-bond donors (Lipinski definition) is 1. The zero-order valence-electron chi connectivity index (χ0n) is 15.8. The number of alkyl carbamates (subject to hydrolysis) is 1. The molecule has 1 aliphatic rings. The molecule has 1 amide bonds. The number of ether oxygens (including phenoxy) is 1. The van der Waals surface area contributed by atoms with Crippen molar-refractivity contribution in [2.45, 2.75) is 44.6 Å². The van der Waals surface area contributed by atoms with E-state index in [9.17, 15) is 4.79 Å². The highest BCUT2D eigenvalue weighted by atomic mass is 35.5. The predicted octanol–water partition coefficient (Wildman–Crippen LogP) is 4.69. The molecule has 5 heteroatoms. The summed E-state index contributed by atoms with van der Waals surface area (Å²) >= 11 is 6.48. The number of nitrogens with zero attached hydrogens (tertiary/aromatic N) is 1. The summed E-state index contributed by atoms with van der Waals surface area (Å²) in [4.78, 5) is 16.5. The van der Waals surface area contributed by atoms with Gasteiger partial charge in [-0.2, -0.15) is 0 Å². The summed E-state index contributed by atoms with van der Waals surface area (Å²) in [5, 5.41) is 3.42. The Bertz CT molecular complexity index is 888. The molecule has 140 valence electrons. The molecule has 0 atom stereocenters. The third-order valence-corrected chi connectivity index (χ3v) is 4.58. The van der Waals surface area contributed by atoms with Crippen LogP contribution in [0, 0.1) is 11.8 Å². The molecular weight excluding hydrogens is 360 g/mol. The standard InChI is InChI=1S/C22H23ClN2O2/c1-21(2,3)27-20(26)25-15-22(11-12-22)19-18(23)13-17(14-24-19)10-9-16-7-5-4-6-8-16/h4-8,13-14H,11-12,15H2,1-3H3,(H,25,26). The molecule has 3 rings (SSSR count). The molecule has 27 heavy (non-hydrogen) atoms. The maximum absolute atomic E-state index is 11.9. The van der Waals surface area contributed by atoms with Gasteiger partial charge in [-0.15, -0.1) is 0 Å². The normalized spacial score (nSPS) is 14.7. The quantitative estimate of drug-likeness (QED) is 0.783. The lowest BCUT2D eigenvalue weighted by Crippen LogP contribution is -2.37. The van der Waals surface area contributed by atoms with Crippen LogP contribution in [0.3, 0.4) is 0 Å². The molecule has 0 unspecified atom stereocenters. The molecule has 2 aromatic rings. The summed E-state index contributed by atoms with van der Waals surface area (Å²) in [6.45, 7) is 5.98. The zero-order valence-corrected chi connectivity index (χ0v) is 16.6.